The van der Waals surface area contributed by atoms with Crippen molar-refractivity contribution in [2.45, 2.75) is 0 Å². The van der Waals surface area contributed by atoms with Gasteiger partial charge in [0.25, 0.3) is 0 Å². The molecule has 0 aromatic carbocycles. The predicted octanol–water partition coefficient (Wildman–Crippen LogP) is 3.01. The molecule has 0 aliphatic rings. The van der Waals surface area contributed by atoms with Gasteiger partial charge in [0.15, 0.2) is 0 Å². The van der Waals surface area contributed by atoms with Gasteiger partial charge in [0.1, 0.15) is 0 Å². The van der Waals surface area contributed by atoms with Crippen LogP contribution in [0.4, 0.5) is 0 Å². The van der Waals surface area contributed by atoms with E-state index in [0.717, 1.165) is 0 Å². The lowest BCUT2D eigenvalue weighted by Crippen LogP contribution is -1.62. The summed E-state index contributed by atoms with van der Waals surface area (Å²) in [5, 5.41) is 2.43. The van der Waals surface area contributed by atoms with Gasteiger partial charge in [-0.2, -0.15) is 23.5 Å². The molecule has 0 aliphatic carbocycles. The zero-order chi connectivity index (χ0) is 6.24. The van der Waals surface area contributed by atoms with E-state index in [1.807, 2.05) is 45.1 Å². The molecule has 8 heavy (non-hydrogen) atoms. The van der Waals surface area contributed by atoms with Gasteiger partial charge < -0.3 is 0 Å². The van der Waals surface area contributed by atoms with Crippen molar-refractivity contribution >= 4 is 45.1 Å². The monoisotopic (exact) mass is 186 g/mol. The molecule has 0 atom stereocenters. The molecule has 0 rings (SSSR count). The molecular formula is C4H10S4. The van der Waals surface area contributed by atoms with Crippen molar-refractivity contribution in [3.05, 3.63) is 0 Å². The first-order valence-electron chi connectivity index (χ1n) is 2.14. The first kappa shape index (κ1) is 9.40. The molecule has 0 fully saturated rings. The Balaban J connectivity index is 2.53. The summed E-state index contributed by atoms with van der Waals surface area (Å²) < 4.78 is 0. The maximum absolute atomic E-state index is 2.13. The van der Waals surface area contributed by atoms with Crippen LogP contribution < -0.4 is 0 Å². The Morgan fingerprint density at radius 2 is 1.25 bits per heavy atom. The topological polar surface area (TPSA) is 0 Å². The van der Waals surface area contributed by atoms with E-state index in [9.17, 15) is 0 Å². The van der Waals surface area contributed by atoms with E-state index >= 15 is 0 Å². The summed E-state index contributed by atoms with van der Waals surface area (Å²) in [6.07, 6.45) is 4.26. The Kier molecular flexibility index (Phi) is 9.87. The van der Waals surface area contributed by atoms with Crippen LogP contribution >= 0.6 is 45.1 Å². The number of hydrogen-bond acceptors (Lipinski definition) is 4. The Morgan fingerprint density at radius 1 is 0.875 bits per heavy atom. The fraction of sp³-hybridized carbons (Fsp3) is 1.00. The second-order valence-corrected chi connectivity index (χ2v) is 5.97. The summed E-state index contributed by atoms with van der Waals surface area (Å²) in [7, 11) is 3.87. The molecule has 0 aromatic heterocycles. The highest BCUT2D eigenvalue weighted by atomic mass is 33.1. The molecule has 0 bridgehead atoms. The standard InChI is InChI=1S/C4H10S4/c1-5-3-7-8-4-6-2/h3-4H2,1-2H3. The maximum atomic E-state index is 2.13. The van der Waals surface area contributed by atoms with Gasteiger partial charge >= 0.3 is 0 Å². The van der Waals surface area contributed by atoms with Crippen LogP contribution in [0.25, 0.3) is 0 Å². The lowest BCUT2D eigenvalue weighted by molar-refractivity contribution is 2.23. The highest BCUT2D eigenvalue weighted by Gasteiger charge is 1.84. The van der Waals surface area contributed by atoms with Gasteiger partial charge in [0.05, 0.1) is 0 Å². The third-order valence-electron chi connectivity index (χ3n) is 0.415. The minimum atomic E-state index is 1.21. The largest absolute Gasteiger partial charge is 0.154 e. The van der Waals surface area contributed by atoms with Crippen LogP contribution in [0.15, 0.2) is 0 Å². The maximum Gasteiger partial charge on any atom is 0.0493 e. The second kappa shape index (κ2) is 8.40. The summed E-state index contributed by atoms with van der Waals surface area (Å²) in [5.41, 5.74) is 0. The molecule has 0 saturated heterocycles. The third-order valence-corrected chi connectivity index (χ3v) is 5.47. The van der Waals surface area contributed by atoms with Crippen LogP contribution in [0.1, 0.15) is 0 Å². The Morgan fingerprint density at radius 3 is 1.50 bits per heavy atom. The number of rotatable bonds is 5. The van der Waals surface area contributed by atoms with E-state index in [4.69, 9.17) is 0 Å². The van der Waals surface area contributed by atoms with Crippen molar-refractivity contribution in [1.82, 2.24) is 0 Å². The number of hydrogen-bond donors (Lipinski definition) is 0. The smallest absolute Gasteiger partial charge is 0.0493 e. The van der Waals surface area contributed by atoms with Crippen molar-refractivity contribution in [3.8, 4) is 0 Å². The van der Waals surface area contributed by atoms with Crippen molar-refractivity contribution < 1.29 is 0 Å². The van der Waals surface area contributed by atoms with Gasteiger partial charge in [-0.15, -0.1) is 0 Å². The van der Waals surface area contributed by atoms with Crippen LogP contribution in [0.5, 0.6) is 0 Å². The molecule has 0 heterocycles. The van der Waals surface area contributed by atoms with E-state index in [1.165, 1.54) is 10.2 Å². The van der Waals surface area contributed by atoms with Gasteiger partial charge in [-0.25, -0.2) is 0 Å². The van der Waals surface area contributed by atoms with Crippen LogP contribution in [0, 0.1) is 0 Å². The highest BCUT2D eigenvalue weighted by molar-refractivity contribution is 8.79. The van der Waals surface area contributed by atoms with Crippen LogP contribution in [0.3, 0.4) is 0 Å². The average molecular weight is 186 g/mol. The van der Waals surface area contributed by atoms with Crippen molar-refractivity contribution in [1.29, 1.82) is 0 Å². The molecule has 0 saturated carbocycles. The fourth-order valence-corrected chi connectivity index (χ4v) is 4.44. The predicted molar refractivity (Wildman–Crippen MR) is 51.9 cm³/mol. The normalized spacial score (nSPS) is 9.75. The molecule has 0 aromatic rings. The lowest BCUT2D eigenvalue weighted by atomic mass is 11.9. The van der Waals surface area contributed by atoms with Gasteiger partial charge in [-0.3, -0.25) is 0 Å². The van der Waals surface area contributed by atoms with Crippen LogP contribution in [0.2, 0.25) is 0 Å². The van der Waals surface area contributed by atoms with Crippen LogP contribution in [-0.4, -0.2) is 22.7 Å². The molecule has 0 spiro atoms. The van der Waals surface area contributed by atoms with Gasteiger partial charge in [-0.05, 0) is 12.5 Å². The molecule has 0 N–H and O–H groups in total. The Hall–Kier alpha value is 1.40. The first-order valence-corrected chi connectivity index (χ1v) is 7.41. The van der Waals surface area contributed by atoms with Gasteiger partial charge in [-0.1, -0.05) is 21.6 Å². The third kappa shape index (κ3) is 7.40. The molecule has 0 nitrogen and oxygen atoms in total. The lowest BCUT2D eigenvalue weighted by Gasteiger charge is -1.93. The molecular weight excluding hydrogens is 176 g/mol. The van der Waals surface area contributed by atoms with E-state index in [0.29, 0.717) is 0 Å². The first-order chi connectivity index (χ1) is 3.91. The summed E-state index contributed by atoms with van der Waals surface area (Å²) in [4.78, 5) is 0. The molecule has 4 heteroatoms. The summed E-state index contributed by atoms with van der Waals surface area (Å²) in [6, 6.07) is 0. The Labute approximate surface area is 67.7 Å². The van der Waals surface area contributed by atoms with Gasteiger partial charge in [0.2, 0.25) is 0 Å². The summed E-state index contributed by atoms with van der Waals surface area (Å²) in [6.45, 7) is 0. The molecule has 0 aliphatic heterocycles. The molecule has 0 amide bonds. The van der Waals surface area contributed by atoms with Crippen molar-refractivity contribution in [2.75, 3.05) is 22.7 Å². The SMILES string of the molecule is CSCSSCSC. The average Bonchev–Trinajstić information content (AvgIpc) is 1.81. The summed E-state index contributed by atoms with van der Waals surface area (Å²) in [5.74, 6) is 0. The van der Waals surface area contributed by atoms with Crippen molar-refractivity contribution in [3.63, 3.8) is 0 Å². The minimum Gasteiger partial charge on any atom is -0.154 e. The van der Waals surface area contributed by atoms with E-state index in [2.05, 4.69) is 12.5 Å². The second-order valence-electron chi connectivity index (χ2n) is 1.05. The fourth-order valence-electron chi connectivity index (χ4n) is 0.164. The minimum absolute atomic E-state index is 1.21. The molecule has 0 radical (unpaired) electrons. The highest BCUT2D eigenvalue weighted by Crippen LogP contribution is 2.26. The van der Waals surface area contributed by atoms with Gasteiger partial charge in [0, 0.05) is 10.2 Å². The van der Waals surface area contributed by atoms with E-state index in [1.54, 1.807) is 0 Å². The van der Waals surface area contributed by atoms with E-state index in [-0.39, 0.29) is 0 Å². The number of thioether (sulfide) groups is 2. The molecule has 50 valence electrons. The quantitative estimate of drug-likeness (QED) is 0.367. The van der Waals surface area contributed by atoms with Crippen molar-refractivity contribution in [2.24, 2.45) is 0 Å². The zero-order valence-electron chi connectivity index (χ0n) is 5.05. The van der Waals surface area contributed by atoms with Crippen LogP contribution in [-0.2, 0) is 0 Å². The molecule has 0 unspecified atom stereocenters. The zero-order valence-corrected chi connectivity index (χ0v) is 8.31. The van der Waals surface area contributed by atoms with E-state index < -0.39 is 0 Å². The summed E-state index contributed by atoms with van der Waals surface area (Å²) >= 11 is 3.77. The Bertz CT molecular complexity index is 33.0.